The van der Waals surface area contributed by atoms with Crippen molar-refractivity contribution in [3.63, 3.8) is 0 Å². The molecule has 2 nitrogen and oxygen atoms in total. The van der Waals surface area contributed by atoms with E-state index in [9.17, 15) is 0 Å². The number of rotatable bonds is 0. The Morgan fingerprint density at radius 2 is 1.11 bits per heavy atom. The van der Waals surface area contributed by atoms with E-state index in [-0.39, 0.29) is 52.8 Å². The smallest absolute Gasteiger partial charge is 1.00 e. The molecule has 1 aliphatic heterocycles. The largest absolute Gasteiger partial charge is 1.00 e. The Bertz CT molecular complexity index is 97.8. The summed E-state index contributed by atoms with van der Waals surface area (Å²) in [5.74, 6) is 0. The molecule has 0 aromatic rings. The monoisotopic (exact) mass is 188 g/mol. The summed E-state index contributed by atoms with van der Waals surface area (Å²) in [6, 6.07) is 0. The van der Waals surface area contributed by atoms with Crippen molar-refractivity contribution in [3.05, 3.63) is 0 Å². The number of hydrogen-bond donors (Lipinski definition) is 0. The minimum absolute atomic E-state index is 0. The Labute approximate surface area is 103 Å². The predicted molar refractivity (Wildman–Crippen MR) is 38.2 cm³/mol. The van der Waals surface area contributed by atoms with E-state index in [4.69, 9.17) is 8.23 Å². The van der Waals surface area contributed by atoms with Crippen molar-refractivity contribution in [1.29, 1.82) is 0 Å². The van der Waals surface area contributed by atoms with Gasteiger partial charge in [0.15, 0.2) is 0 Å². The Morgan fingerprint density at radius 3 is 1.11 bits per heavy atom. The molecule has 0 radical (unpaired) electrons. The zero-order chi connectivity index (χ0) is 6.41. The molecule has 50 valence electrons. The van der Waals surface area contributed by atoms with Crippen LogP contribution in [-0.2, 0) is 8.23 Å². The minimum Gasteiger partial charge on any atom is -1.00 e. The van der Waals surface area contributed by atoms with Gasteiger partial charge in [-0.3, -0.25) is 0 Å². The first-order valence-electron chi connectivity index (χ1n) is 2.82. The molecule has 0 aromatic heterocycles. The van der Waals surface area contributed by atoms with E-state index in [1.165, 1.54) is 0 Å². The fourth-order valence-electron chi connectivity index (χ4n) is 1.19. The summed E-state index contributed by atoms with van der Waals surface area (Å²) in [5.41, 5.74) is 0. The topological polar surface area (TPSA) is 18.5 Å². The van der Waals surface area contributed by atoms with Gasteiger partial charge in [0.25, 0.3) is 0 Å². The predicted octanol–water partition coefficient (Wildman–Crippen LogP) is -1.45. The van der Waals surface area contributed by atoms with Crippen molar-refractivity contribution < 1.29 is 61.0 Å². The number of hydrogen-bond acceptors (Lipinski definition) is 2. The molecule has 0 amide bonds. The van der Waals surface area contributed by atoms with E-state index >= 15 is 0 Å². The van der Waals surface area contributed by atoms with Crippen LogP contribution in [0.2, 0.25) is 26.2 Å². The fraction of sp³-hybridized carbons (Fsp3) is 1.00. The molecule has 0 saturated carbocycles. The van der Waals surface area contributed by atoms with Crippen molar-refractivity contribution in [1.82, 2.24) is 0 Å². The van der Waals surface area contributed by atoms with Crippen LogP contribution in [0.15, 0.2) is 0 Å². The fourth-order valence-corrected chi connectivity index (χ4v) is 10.7. The van der Waals surface area contributed by atoms with Gasteiger partial charge in [-0.15, -0.1) is 0 Å². The van der Waals surface area contributed by atoms with Crippen LogP contribution in [0.25, 0.3) is 0 Å². The molecule has 1 rings (SSSR count). The summed E-state index contributed by atoms with van der Waals surface area (Å²) in [4.78, 5) is 0. The maximum Gasteiger partial charge on any atom is 1.00 e. The van der Waals surface area contributed by atoms with Crippen LogP contribution in [0.3, 0.4) is 0 Å². The van der Waals surface area contributed by atoms with Gasteiger partial charge in [-0.1, -0.05) is 0 Å². The summed E-state index contributed by atoms with van der Waals surface area (Å²) in [7, 11) is -3.05. The zero-order valence-corrected chi connectivity index (χ0v) is 11.9. The quantitative estimate of drug-likeness (QED) is 0.433. The first-order valence-corrected chi connectivity index (χ1v) is 8.45. The molecule has 0 spiro atoms. The molecular weight excluding hydrogens is 175 g/mol. The van der Waals surface area contributed by atoms with Crippen LogP contribution in [0, 0.1) is 0 Å². The van der Waals surface area contributed by atoms with E-state index in [2.05, 4.69) is 26.2 Å². The van der Waals surface area contributed by atoms with Crippen molar-refractivity contribution in [2.75, 3.05) is 0 Å². The molecule has 0 aliphatic carbocycles. The van der Waals surface area contributed by atoms with Gasteiger partial charge in [-0.05, 0) is 26.2 Å². The summed E-state index contributed by atoms with van der Waals surface area (Å²) < 4.78 is 11.1. The van der Waals surface area contributed by atoms with Crippen LogP contribution in [0.1, 0.15) is 1.43 Å². The molecule has 5 heteroatoms. The maximum atomic E-state index is 5.57. The van der Waals surface area contributed by atoms with Crippen molar-refractivity contribution in [3.8, 4) is 0 Å². The van der Waals surface area contributed by atoms with E-state index in [0.717, 1.165) is 0 Å². The summed E-state index contributed by atoms with van der Waals surface area (Å²) >= 11 is 0. The van der Waals surface area contributed by atoms with E-state index in [1.54, 1.807) is 0 Å². The van der Waals surface area contributed by atoms with Crippen molar-refractivity contribution in [2.45, 2.75) is 26.2 Å². The van der Waals surface area contributed by atoms with Crippen molar-refractivity contribution >= 4 is 17.1 Å². The van der Waals surface area contributed by atoms with Crippen LogP contribution in [0.5, 0.6) is 0 Å². The van der Waals surface area contributed by atoms with Crippen molar-refractivity contribution in [2.24, 2.45) is 0 Å². The summed E-state index contributed by atoms with van der Waals surface area (Å²) in [6.45, 7) is 8.30. The average molecular weight is 188 g/mol. The van der Waals surface area contributed by atoms with E-state index < -0.39 is 17.1 Å². The zero-order valence-electron chi connectivity index (χ0n) is 7.82. The molecule has 1 fully saturated rings. The average Bonchev–Trinajstić information content (AvgIpc) is 1.20. The Kier molecular flexibility index (Phi) is 3.86. The molecule has 0 unspecified atom stereocenters. The standard InChI is InChI=1S/C4H12O2Si2.K.H/c1-7(2)5-8(3,4)6-7;;/h1-4H3;;/q;+1;-1. The molecule has 9 heavy (non-hydrogen) atoms. The molecular formula is C4H13KO2Si2. The first kappa shape index (κ1) is 11.0. The van der Waals surface area contributed by atoms with E-state index in [1.807, 2.05) is 0 Å². The second-order valence-corrected chi connectivity index (χ2v) is 10.2. The Hall–Kier alpha value is 1.99. The van der Waals surface area contributed by atoms with Crippen LogP contribution in [-0.4, -0.2) is 17.1 Å². The van der Waals surface area contributed by atoms with Gasteiger partial charge in [-0.25, -0.2) is 0 Å². The normalized spacial score (nSPS) is 28.0. The van der Waals surface area contributed by atoms with Gasteiger partial charge < -0.3 is 9.66 Å². The van der Waals surface area contributed by atoms with Crippen LogP contribution >= 0.6 is 0 Å². The third-order valence-electron chi connectivity index (χ3n) is 0.983. The molecule has 1 aliphatic rings. The van der Waals surface area contributed by atoms with Gasteiger partial charge in [-0.2, -0.15) is 0 Å². The third-order valence-corrected chi connectivity index (χ3v) is 8.85. The molecule has 1 saturated heterocycles. The van der Waals surface area contributed by atoms with Gasteiger partial charge in [0, 0.05) is 0 Å². The molecule has 0 N–H and O–H groups in total. The van der Waals surface area contributed by atoms with Gasteiger partial charge >= 0.3 is 68.5 Å². The molecule has 0 aromatic carbocycles. The SMILES string of the molecule is C[Si]1(C)O[Si](C)(C)O1.[H-].[K+]. The van der Waals surface area contributed by atoms with E-state index in [0.29, 0.717) is 0 Å². The van der Waals surface area contributed by atoms with Gasteiger partial charge in [0.05, 0.1) is 0 Å². The van der Waals surface area contributed by atoms with Gasteiger partial charge in [0.2, 0.25) is 0 Å². The maximum absolute atomic E-state index is 5.57. The molecule has 0 bridgehead atoms. The first-order chi connectivity index (χ1) is 3.41. The Morgan fingerprint density at radius 1 is 0.889 bits per heavy atom. The second-order valence-electron chi connectivity index (χ2n) is 3.00. The van der Waals surface area contributed by atoms with Crippen LogP contribution < -0.4 is 51.4 Å². The van der Waals surface area contributed by atoms with Gasteiger partial charge in [0.1, 0.15) is 0 Å². The minimum atomic E-state index is -1.52. The Balaban J connectivity index is 0. The van der Waals surface area contributed by atoms with Crippen LogP contribution in [0.4, 0.5) is 0 Å². The third kappa shape index (κ3) is 3.26. The molecule has 1 heterocycles. The summed E-state index contributed by atoms with van der Waals surface area (Å²) in [6.07, 6.45) is 0. The summed E-state index contributed by atoms with van der Waals surface area (Å²) in [5, 5.41) is 0. The second kappa shape index (κ2) is 3.16. The molecule has 0 atom stereocenters.